The molecule has 0 N–H and O–H groups in total. The highest BCUT2D eigenvalue weighted by molar-refractivity contribution is 7.99. The van der Waals surface area contributed by atoms with Gasteiger partial charge in [-0.1, -0.05) is 35.5 Å². The maximum absolute atomic E-state index is 13.4. The Morgan fingerprint density at radius 3 is 2.76 bits per heavy atom. The van der Waals surface area contributed by atoms with Gasteiger partial charge in [0.15, 0.2) is 5.16 Å². The summed E-state index contributed by atoms with van der Waals surface area (Å²) in [6.45, 7) is 5.65. The minimum Gasteiger partial charge on any atom is -0.467 e. The summed E-state index contributed by atoms with van der Waals surface area (Å²) < 4.78 is 13.7. The fourth-order valence-electron chi connectivity index (χ4n) is 4.39. The van der Waals surface area contributed by atoms with Gasteiger partial charge < -0.3 is 13.7 Å². The van der Waals surface area contributed by atoms with Gasteiger partial charge in [-0.3, -0.25) is 4.79 Å². The fraction of sp³-hybridized carbons (Fsp3) is 0.400. The van der Waals surface area contributed by atoms with Gasteiger partial charge in [-0.15, -0.1) is 0 Å². The van der Waals surface area contributed by atoms with Gasteiger partial charge in [0.2, 0.25) is 0 Å². The summed E-state index contributed by atoms with van der Waals surface area (Å²) in [4.78, 5) is 18.1. The van der Waals surface area contributed by atoms with Crippen LogP contribution in [0.4, 0.5) is 0 Å². The van der Waals surface area contributed by atoms with E-state index in [9.17, 15) is 4.79 Å². The number of furan rings is 1. The predicted molar refractivity (Wildman–Crippen MR) is 132 cm³/mol. The summed E-state index contributed by atoms with van der Waals surface area (Å²) in [5, 5.41) is 7.77. The molecule has 2 unspecified atom stereocenters. The summed E-state index contributed by atoms with van der Waals surface area (Å²) in [6.07, 6.45) is 4.56. The molecule has 34 heavy (non-hydrogen) atoms. The van der Waals surface area contributed by atoms with Crippen LogP contribution < -0.4 is 0 Å². The molecule has 4 heterocycles. The number of halogens is 1. The number of benzene rings is 1. The maximum Gasteiger partial charge on any atom is 0.253 e. The van der Waals surface area contributed by atoms with Crippen LogP contribution in [0.3, 0.4) is 0 Å². The van der Waals surface area contributed by atoms with Gasteiger partial charge in [0.1, 0.15) is 11.8 Å². The molecule has 0 spiro atoms. The molecule has 3 aromatic rings. The zero-order chi connectivity index (χ0) is 23.7. The lowest BCUT2D eigenvalue weighted by Gasteiger charge is -2.20. The van der Waals surface area contributed by atoms with Crippen molar-refractivity contribution in [2.45, 2.75) is 57.0 Å². The maximum atomic E-state index is 13.4. The largest absolute Gasteiger partial charge is 0.467 e. The van der Waals surface area contributed by atoms with Crippen LogP contribution in [0.2, 0.25) is 5.02 Å². The fourth-order valence-corrected chi connectivity index (χ4v) is 5.47. The van der Waals surface area contributed by atoms with Gasteiger partial charge in [-0.05, 0) is 56.5 Å². The third-order valence-electron chi connectivity index (χ3n) is 6.37. The van der Waals surface area contributed by atoms with Crippen LogP contribution in [0.15, 0.2) is 57.3 Å². The lowest BCUT2D eigenvalue weighted by molar-refractivity contribution is -0.130. The van der Waals surface area contributed by atoms with E-state index in [0.717, 1.165) is 59.6 Å². The van der Waals surface area contributed by atoms with Crippen LogP contribution in [-0.4, -0.2) is 44.6 Å². The molecule has 7 nitrogen and oxygen atoms in total. The van der Waals surface area contributed by atoms with Crippen LogP contribution in [0.5, 0.6) is 0 Å². The lowest BCUT2D eigenvalue weighted by atomic mass is 10.0. The molecule has 1 saturated heterocycles. The number of hydrogen-bond donors (Lipinski definition) is 0. The Bertz CT molecular complexity index is 1180. The molecule has 1 amide bonds. The zero-order valence-corrected chi connectivity index (χ0v) is 20.8. The van der Waals surface area contributed by atoms with Crippen molar-refractivity contribution in [1.29, 1.82) is 0 Å². The molecule has 2 aromatic heterocycles. The number of carbonyl (C=O) groups is 1. The van der Waals surface area contributed by atoms with E-state index in [1.165, 1.54) is 11.8 Å². The van der Waals surface area contributed by atoms with Gasteiger partial charge in [-0.25, -0.2) is 9.99 Å². The van der Waals surface area contributed by atoms with Crippen molar-refractivity contribution < 1.29 is 13.9 Å². The summed E-state index contributed by atoms with van der Waals surface area (Å²) in [7, 11) is 0. The molecule has 1 aromatic carbocycles. The standard InChI is InChI=1S/C25H27ClN4O3S/c1-16-17(2)29(14-20-5-3-11-32-20)25(27-16)34-15-24(31)30-22(23-6-4-12-33-23)13-21(28-30)18-7-9-19(26)10-8-18/h4,6-10,12,20,22H,3,5,11,13-15H2,1-2H3. The Kier molecular flexibility index (Phi) is 6.81. The first-order chi connectivity index (χ1) is 16.5. The Balaban J connectivity index is 1.34. The molecule has 0 radical (unpaired) electrons. The smallest absolute Gasteiger partial charge is 0.253 e. The average molecular weight is 499 g/mol. The highest BCUT2D eigenvalue weighted by Gasteiger charge is 2.35. The second-order valence-corrected chi connectivity index (χ2v) is 10.0. The number of amides is 1. The minimum atomic E-state index is -0.274. The van der Waals surface area contributed by atoms with Gasteiger partial charge >= 0.3 is 0 Å². The first kappa shape index (κ1) is 23.2. The summed E-state index contributed by atoms with van der Waals surface area (Å²) in [5.74, 6) is 0.866. The van der Waals surface area contributed by atoms with Crippen LogP contribution in [0.1, 0.15) is 48.0 Å². The third kappa shape index (κ3) is 4.80. The van der Waals surface area contributed by atoms with E-state index in [2.05, 4.69) is 11.5 Å². The van der Waals surface area contributed by atoms with E-state index < -0.39 is 0 Å². The van der Waals surface area contributed by atoms with E-state index in [1.807, 2.05) is 43.3 Å². The number of hydrogen-bond acceptors (Lipinski definition) is 6. The molecular formula is C25H27ClN4O3S. The predicted octanol–water partition coefficient (Wildman–Crippen LogP) is 5.40. The number of carbonyl (C=O) groups excluding carboxylic acids is 1. The highest BCUT2D eigenvalue weighted by atomic mass is 35.5. The molecule has 0 saturated carbocycles. The Hall–Kier alpha value is -2.55. The number of aryl methyl sites for hydroxylation is 1. The van der Waals surface area contributed by atoms with E-state index >= 15 is 0 Å². The Morgan fingerprint density at radius 1 is 1.24 bits per heavy atom. The first-order valence-electron chi connectivity index (χ1n) is 11.5. The molecular weight excluding hydrogens is 472 g/mol. The molecule has 0 bridgehead atoms. The summed E-state index contributed by atoms with van der Waals surface area (Å²) >= 11 is 7.49. The van der Waals surface area contributed by atoms with Crippen LogP contribution in [0, 0.1) is 13.8 Å². The summed E-state index contributed by atoms with van der Waals surface area (Å²) in [6, 6.07) is 11.0. The first-order valence-corrected chi connectivity index (χ1v) is 12.8. The molecule has 5 rings (SSSR count). The van der Waals surface area contributed by atoms with Crippen LogP contribution >= 0.6 is 23.4 Å². The van der Waals surface area contributed by atoms with Crippen molar-refractivity contribution in [3.63, 3.8) is 0 Å². The van der Waals surface area contributed by atoms with Gasteiger partial charge in [-0.2, -0.15) is 5.10 Å². The molecule has 0 aliphatic carbocycles. The number of thioether (sulfide) groups is 1. The quantitative estimate of drug-likeness (QED) is 0.408. The minimum absolute atomic E-state index is 0.0858. The number of aromatic nitrogens is 2. The highest BCUT2D eigenvalue weighted by Crippen LogP contribution is 2.34. The van der Waals surface area contributed by atoms with Crippen molar-refractivity contribution >= 4 is 35.0 Å². The lowest BCUT2D eigenvalue weighted by Crippen LogP contribution is -2.28. The van der Waals surface area contributed by atoms with Crippen molar-refractivity contribution in [2.75, 3.05) is 12.4 Å². The normalized spacial score (nSPS) is 20.2. The van der Waals surface area contributed by atoms with E-state index in [-0.39, 0.29) is 23.8 Å². The van der Waals surface area contributed by atoms with Crippen LogP contribution in [-0.2, 0) is 16.1 Å². The van der Waals surface area contributed by atoms with Crippen molar-refractivity contribution in [3.05, 3.63) is 70.4 Å². The van der Waals surface area contributed by atoms with Gasteiger partial charge in [0, 0.05) is 23.7 Å². The molecule has 178 valence electrons. The zero-order valence-electron chi connectivity index (χ0n) is 19.2. The van der Waals surface area contributed by atoms with Crippen LogP contribution in [0.25, 0.3) is 0 Å². The summed E-state index contributed by atoms with van der Waals surface area (Å²) in [5.41, 5.74) is 3.87. The number of imidazole rings is 1. The number of ether oxygens (including phenoxy) is 1. The second kappa shape index (κ2) is 9.98. The Morgan fingerprint density at radius 2 is 2.06 bits per heavy atom. The molecule has 2 aliphatic rings. The van der Waals surface area contributed by atoms with E-state index in [1.54, 1.807) is 11.3 Å². The SMILES string of the molecule is Cc1nc(SCC(=O)N2N=C(c3ccc(Cl)cc3)CC2c2ccco2)n(CC2CCCO2)c1C. The van der Waals surface area contributed by atoms with Crippen molar-refractivity contribution in [3.8, 4) is 0 Å². The third-order valence-corrected chi connectivity index (χ3v) is 7.59. The molecule has 1 fully saturated rings. The van der Waals surface area contributed by atoms with Gasteiger partial charge in [0.05, 0.1) is 36.1 Å². The average Bonchev–Trinajstić information content (AvgIpc) is 3.63. The number of hydrazone groups is 1. The van der Waals surface area contributed by atoms with E-state index in [0.29, 0.717) is 11.4 Å². The monoisotopic (exact) mass is 498 g/mol. The van der Waals surface area contributed by atoms with Crippen molar-refractivity contribution in [2.24, 2.45) is 5.10 Å². The number of rotatable bonds is 7. The van der Waals surface area contributed by atoms with E-state index in [4.69, 9.17) is 30.8 Å². The molecule has 2 aliphatic heterocycles. The van der Waals surface area contributed by atoms with Crippen molar-refractivity contribution in [1.82, 2.24) is 14.6 Å². The number of nitrogens with zero attached hydrogens (tertiary/aromatic N) is 4. The molecule has 9 heteroatoms. The van der Waals surface area contributed by atoms with Gasteiger partial charge in [0.25, 0.3) is 5.91 Å². The second-order valence-electron chi connectivity index (χ2n) is 8.63. The Labute approximate surface area is 208 Å². The topological polar surface area (TPSA) is 72.9 Å². The molecule has 2 atom stereocenters.